The lowest BCUT2D eigenvalue weighted by atomic mass is 10.1. The van der Waals surface area contributed by atoms with Crippen LogP contribution in [-0.2, 0) is 10.0 Å². The van der Waals surface area contributed by atoms with E-state index in [2.05, 4.69) is 20.4 Å². The van der Waals surface area contributed by atoms with Gasteiger partial charge in [0, 0.05) is 17.8 Å². The van der Waals surface area contributed by atoms with Crippen molar-refractivity contribution in [2.24, 2.45) is 5.14 Å². The number of amides is 1. The van der Waals surface area contributed by atoms with E-state index in [-0.39, 0.29) is 10.8 Å². The second kappa shape index (κ2) is 8.44. The highest BCUT2D eigenvalue weighted by Crippen LogP contribution is 2.23. The molecule has 0 saturated carbocycles. The number of nitrogens with two attached hydrogens (primary N) is 1. The van der Waals surface area contributed by atoms with Crippen LogP contribution in [0.4, 0.5) is 4.39 Å². The lowest BCUT2D eigenvalue weighted by Crippen LogP contribution is -2.28. The average Bonchev–Trinajstić information content (AvgIpc) is 3.21. The van der Waals surface area contributed by atoms with Crippen LogP contribution in [0.5, 0.6) is 0 Å². The number of nitrogens with zero attached hydrogens (tertiary/aromatic N) is 4. The number of sulfonamides is 1. The number of halogens is 1. The van der Waals surface area contributed by atoms with Crippen molar-refractivity contribution < 1.29 is 17.6 Å². The van der Waals surface area contributed by atoms with E-state index in [1.54, 1.807) is 35.3 Å². The Morgan fingerprint density at radius 3 is 2.62 bits per heavy atom. The van der Waals surface area contributed by atoms with Crippen molar-refractivity contribution in [3.05, 3.63) is 78.1 Å². The van der Waals surface area contributed by atoms with Gasteiger partial charge in [-0.05, 0) is 48.4 Å². The van der Waals surface area contributed by atoms with E-state index >= 15 is 0 Å². The molecule has 0 spiro atoms. The molecule has 4 rings (SSSR count). The van der Waals surface area contributed by atoms with Gasteiger partial charge in [-0.2, -0.15) is 5.10 Å². The summed E-state index contributed by atoms with van der Waals surface area (Å²) in [7, 11) is -3.97. The average molecular weight is 454 g/mol. The summed E-state index contributed by atoms with van der Waals surface area (Å²) in [6.07, 6.45) is 6.38. The second-order valence-electron chi connectivity index (χ2n) is 7.06. The SMILES string of the molecule is CC[C@H](NC(=O)c1cncc2c1cnn2-c1ccc(F)cc1)c1ccnc(S(N)(=O)=O)c1. The predicted molar refractivity (Wildman–Crippen MR) is 115 cm³/mol. The molecule has 3 N–H and O–H groups in total. The highest BCUT2D eigenvalue weighted by atomic mass is 32.2. The number of aromatic nitrogens is 4. The van der Waals surface area contributed by atoms with Gasteiger partial charge in [0.25, 0.3) is 15.9 Å². The molecule has 0 radical (unpaired) electrons. The van der Waals surface area contributed by atoms with Crippen molar-refractivity contribution in [1.29, 1.82) is 0 Å². The lowest BCUT2D eigenvalue weighted by Gasteiger charge is -2.18. The summed E-state index contributed by atoms with van der Waals surface area (Å²) in [6, 6.07) is 8.28. The summed E-state index contributed by atoms with van der Waals surface area (Å²) in [5.41, 5.74) is 2.06. The summed E-state index contributed by atoms with van der Waals surface area (Å²) < 4.78 is 38.1. The fraction of sp³-hybridized carbons (Fsp3) is 0.143. The Balaban J connectivity index is 1.66. The normalized spacial score (nSPS) is 12.6. The highest BCUT2D eigenvalue weighted by Gasteiger charge is 2.20. The Bertz CT molecular complexity index is 1400. The summed E-state index contributed by atoms with van der Waals surface area (Å²) in [5, 5.41) is 12.7. The summed E-state index contributed by atoms with van der Waals surface area (Å²) in [4.78, 5) is 21.0. The van der Waals surface area contributed by atoms with Crippen molar-refractivity contribution in [1.82, 2.24) is 25.1 Å². The molecule has 164 valence electrons. The smallest absolute Gasteiger partial charge is 0.255 e. The number of primary sulfonamides is 1. The maximum absolute atomic E-state index is 13.3. The third-order valence-electron chi connectivity index (χ3n) is 4.98. The van der Waals surface area contributed by atoms with E-state index in [0.717, 1.165) is 0 Å². The summed E-state index contributed by atoms with van der Waals surface area (Å²) >= 11 is 0. The van der Waals surface area contributed by atoms with E-state index in [9.17, 15) is 17.6 Å². The molecule has 1 amide bonds. The molecule has 11 heteroatoms. The van der Waals surface area contributed by atoms with Crippen molar-refractivity contribution in [2.45, 2.75) is 24.4 Å². The maximum Gasteiger partial charge on any atom is 0.255 e. The Morgan fingerprint density at radius 2 is 1.94 bits per heavy atom. The van der Waals surface area contributed by atoms with Crippen LogP contribution in [0.3, 0.4) is 0 Å². The summed E-state index contributed by atoms with van der Waals surface area (Å²) in [6.45, 7) is 1.85. The molecule has 0 aliphatic rings. The quantitative estimate of drug-likeness (QED) is 0.460. The molecule has 9 nitrogen and oxygen atoms in total. The van der Waals surface area contributed by atoms with Gasteiger partial charge in [-0.15, -0.1) is 0 Å². The van der Waals surface area contributed by atoms with Gasteiger partial charge in [0.2, 0.25) is 0 Å². The third-order valence-corrected chi connectivity index (χ3v) is 5.79. The van der Waals surface area contributed by atoms with Gasteiger partial charge in [-0.1, -0.05) is 6.92 Å². The largest absolute Gasteiger partial charge is 0.345 e. The van der Waals surface area contributed by atoms with Crippen molar-refractivity contribution >= 4 is 26.8 Å². The van der Waals surface area contributed by atoms with Crippen LogP contribution in [-0.4, -0.2) is 34.1 Å². The van der Waals surface area contributed by atoms with E-state index in [4.69, 9.17) is 5.14 Å². The van der Waals surface area contributed by atoms with Crippen LogP contribution in [0.2, 0.25) is 0 Å². The predicted octanol–water partition coefficient (Wildman–Crippen LogP) is 2.48. The standard InChI is InChI=1S/C21H19FN6O3S/c1-2-18(13-7-8-25-20(9-13)32(23,30)31)27-21(29)17-10-24-12-19-16(17)11-26-28(19)15-5-3-14(22)4-6-15/h3-12,18H,2H2,1H3,(H,27,29)(H2,23,30,31)/t18-/m0/s1. The molecule has 0 aliphatic heterocycles. The minimum absolute atomic E-state index is 0.271. The minimum atomic E-state index is -3.97. The van der Waals surface area contributed by atoms with E-state index in [1.807, 2.05) is 6.92 Å². The first-order valence-corrected chi connectivity index (χ1v) is 11.2. The molecule has 0 saturated heterocycles. The molecular formula is C21H19FN6O3S. The number of nitrogens with one attached hydrogen (secondary N) is 1. The number of fused-ring (bicyclic) bond motifs is 1. The molecule has 3 aromatic heterocycles. The van der Waals surface area contributed by atoms with Crippen molar-refractivity contribution in [2.75, 3.05) is 0 Å². The fourth-order valence-electron chi connectivity index (χ4n) is 3.36. The van der Waals surface area contributed by atoms with Crippen LogP contribution in [0.25, 0.3) is 16.6 Å². The fourth-order valence-corrected chi connectivity index (χ4v) is 3.87. The molecule has 3 heterocycles. The Labute approximate surface area is 183 Å². The first-order valence-electron chi connectivity index (χ1n) is 9.65. The monoisotopic (exact) mass is 454 g/mol. The lowest BCUT2D eigenvalue weighted by molar-refractivity contribution is 0.0937. The van der Waals surface area contributed by atoms with Crippen LogP contribution < -0.4 is 10.5 Å². The zero-order valence-electron chi connectivity index (χ0n) is 16.9. The van der Waals surface area contributed by atoms with Gasteiger partial charge < -0.3 is 5.32 Å². The van der Waals surface area contributed by atoms with Crippen LogP contribution in [0, 0.1) is 5.82 Å². The molecule has 1 aromatic carbocycles. The maximum atomic E-state index is 13.3. The molecule has 0 bridgehead atoms. The number of hydrogen-bond donors (Lipinski definition) is 2. The molecule has 0 aliphatic carbocycles. The number of rotatable bonds is 6. The summed E-state index contributed by atoms with van der Waals surface area (Å²) in [5.74, 6) is -0.765. The first kappa shape index (κ1) is 21.5. The molecule has 32 heavy (non-hydrogen) atoms. The topological polar surface area (TPSA) is 133 Å². The Kier molecular flexibility index (Phi) is 5.68. The Morgan fingerprint density at radius 1 is 1.19 bits per heavy atom. The van der Waals surface area contributed by atoms with Crippen molar-refractivity contribution in [3.63, 3.8) is 0 Å². The third kappa shape index (κ3) is 4.20. The van der Waals surface area contributed by atoms with E-state index < -0.39 is 22.0 Å². The minimum Gasteiger partial charge on any atom is -0.345 e. The van der Waals surface area contributed by atoms with Gasteiger partial charge >= 0.3 is 0 Å². The van der Waals surface area contributed by atoms with Crippen LogP contribution >= 0.6 is 0 Å². The van der Waals surface area contributed by atoms with Crippen LogP contribution in [0.1, 0.15) is 35.3 Å². The molecule has 0 fully saturated rings. The van der Waals surface area contributed by atoms with Crippen molar-refractivity contribution in [3.8, 4) is 5.69 Å². The molecular weight excluding hydrogens is 435 g/mol. The molecule has 1 atom stereocenters. The number of carbonyl (C=O) groups is 1. The van der Waals surface area contributed by atoms with Gasteiger partial charge in [-0.25, -0.2) is 27.6 Å². The van der Waals surface area contributed by atoms with Gasteiger partial charge in [0.05, 0.1) is 35.2 Å². The number of hydrogen-bond acceptors (Lipinski definition) is 6. The first-order chi connectivity index (χ1) is 15.3. The molecule has 4 aromatic rings. The number of carbonyl (C=O) groups excluding carboxylic acids is 1. The highest BCUT2D eigenvalue weighted by molar-refractivity contribution is 7.89. The number of pyridine rings is 2. The van der Waals surface area contributed by atoms with E-state index in [1.165, 1.54) is 30.6 Å². The zero-order chi connectivity index (χ0) is 22.9. The zero-order valence-corrected chi connectivity index (χ0v) is 17.8. The van der Waals surface area contributed by atoms with Gasteiger partial charge in [0.15, 0.2) is 5.03 Å². The molecule has 0 unspecified atom stereocenters. The van der Waals surface area contributed by atoms with Crippen LogP contribution in [0.15, 0.2) is 66.2 Å². The van der Waals surface area contributed by atoms with Gasteiger partial charge in [0.1, 0.15) is 5.82 Å². The Hall–Kier alpha value is -3.70. The van der Waals surface area contributed by atoms with E-state index in [0.29, 0.717) is 34.1 Å². The second-order valence-corrected chi connectivity index (χ2v) is 8.57. The van der Waals surface area contributed by atoms with Gasteiger partial charge in [-0.3, -0.25) is 9.78 Å². The number of benzene rings is 1.